The van der Waals surface area contributed by atoms with Gasteiger partial charge in [-0.25, -0.2) is 4.98 Å². The van der Waals surface area contributed by atoms with Crippen molar-refractivity contribution in [1.29, 1.82) is 0 Å². The van der Waals surface area contributed by atoms with Crippen LogP contribution in [-0.2, 0) is 11.3 Å². The number of amides is 1. The van der Waals surface area contributed by atoms with Crippen LogP contribution in [0.5, 0.6) is 0 Å². The Morgan fingerprint density at radius 3 is 2.67 bits per heavy atom. The van der Waals surface area contributed by atoms with Crippen molar-refractivity contribution in [1.82, 2.24) is 14.5 Å². The fourth-order valence-corrected chi connectivity index (χ4v) is 4.84. The van der Waals surface area contributed by atoms with Gasteiger partial charge in [-0.2, -0.15) is 0 Å². The van der Waals surface area contributed by atoms with Gasteiger partial charge in [-0.1, -0.05) is 43.8 Å². The highest BCUT2D eigenvalue weighted by Crippen LogP contribution is 2.27. The largest absolute Gasteiger partial charge is 0.341 e. The number of fused-ring (bicyclic) bond motifs is 1. The van der Waals surface area contributed by atoms with Crippen LogP contribution in [0.25, 0.3) is 10.9 Å². The van der Waals surface area contributed by atoms with Crippen LogP contribution in [-0.4, -0.2) is 38.7 Å². The van der Waals surface area contributed by atoms with Crippen LogP contribution in [0.2, 0.25) is 0 Å². The van der Waals surface area contributed by atoms with Gasteiger partial charge in [0.25, 0.3) is 5.56 Å². The molecule has 1 aliphatic heterocycles. The molecule has 0 N–H and O–H groups in total. The number of carbonyl (C=O) groups is 1. The van der Waals surface area contributed by atoms with Gasteiger partial charge in [0.1, 0.15) is 0 Å². The molecule has 144 valence electrons. The van der Waals surface area contributed by atoms with E-state index in [9.17, 15) is 9.59 Å². The van der Waals surface area contributed by atoms with E-state index in [1.54, 1.807) is 16.7 Å². The van der Waals surface area contributed by atoms with E-state index in [1.165, 1.54) is 11.8 Å². The molecule has 0 spiro atoms. The normalized spacial score (nSPS) is 21.2. The molecule has 1 aromatic heterocycles. The van der Waals surface area contributed by atoms with Crippen LogP contribution in [0.15, 0.2) is 46.9 Å². The topological polar surface area (TPSA) is 55.2 Å². The second-order valence-electron chi connectivity index (χ2n) is 7.57. The summed E-state index contributed by atoms with van der Waals surface area (Å²) >= 11 is 1.36. The summed E-state index contributed by atoms with van der Waals surface area (Å²) in [6, 6.07) is 7.32. The molecule has 3 atom stereocenters. The summed E-state index contributed by atoms with van der Waals surface area (Å²) in [7, 11) is 0. The smallest absolute Gasteiger partial charge is 0.262 e. The van der Waals surface area contributed by atoms with E-state index in [4.69, 9.17) is 0 Å². The van der Waals surface area contributed by atoms with Crippen molar-refractivity contribution in [3.05, 3.63) is 47.3 Å². The van der Waals surface area contributed by atoms with E-state index in [2.05, 4.69) is 25.4 Å². The number of piperidine rings is 1. The molecule has 2 aromatic rings. The third kappa shape index (κ3) is 4.26. The van der Waals surface area contributed by atoms with E-state index in [0.29, 0.717) is 34.4 Å². The summed E-state index contributed by atoms with van der Waals surface area (Å²) in [6.07, 6.45) is 2.85. The molecule has 2 heterocycles. The van der Waals surface area contributed by atoms with Crippen molar-refractivity contribution in [2.45, 2.75) is 44.1 Å². The molecular weight excluding hydrogens is 358 g/mol. The standard InChI is InChI=1S/C21H27N3O2S/c1-5-10-24-20(26)17-8-6-7-9-18(17)22-21(24)27-16(4)19(25)23-12-14(2)11-15(3)13-23/h5-9,14-16H,1,10-13H2,2-4H3/t14-,15-,16-/m1/s1. The third-order valence-corrected chi connectivity index (χ3v) is 6.03. The number of hydrogen-bond donors (Lipinski definition) is 0. The first-order valence-electron chi connectivity index (χ1n) is 9.46. The Morgan fingerprint density at radius 2 is 2.00 bits per heavy atom. The lowest BCUT2D eigenvalue weighted by Gasteiger charge is -2.36. The summed E-state index contributed by atoms with van der Waals surface area (Å²) in [4.78, 5) is 32.5. The summed E-state index contributed by atoms with van der Waals surface area (Å²) < 4.78 is 1.60. The highest BCUT2D eigenvalue weighted by atomic mass is 32.2. The fourth-order valence-electron chi connectivity index (χ4n) is 3.84. The molecule has 0 unspecified atom stereocenters. The maximum atomic E-state index is 13.0. The van der Waals surface area contributed by atoms with Crippen LogP contribution < -0.4 is 5.56 Å². The molecule has 1 saturated heterocycles. The summed E-state index contributed by atoms with van der Waals surface area (Å²) in [5.74, 6) is 1.16. The second kappa shape index (κ2) is 8.30. The Labute approximate surface area is 164 Å². The molecule has 1 amide bonds. The number of benzene rings is 1. The average Bonchev–Trinajstić information content (AvgIpc) is 2.63. The molecule has 0 saturated carbocycles. The second-order valence-corrected chi connectivity index (χ2v) is 8.87. The van der Waals surface area contributed by atoms with Crippen LogP contribution in [0.1, 0.15) is 27.2 Å². The van der Waals surface area contributed by atoms with Crippen molar-refractivity contribution in [3.8, 4) is 0 Å². The number of para-hydroxylation sites is 1. The van der Waals surface area contributed by atoms with Crippen molar-refractivity contribution in [3.63, 3.8) is 0 Å². The highest BCUT2D eigenvalue weighted by molar-refractivity contribution is 8.00. The van der Waals surface area contributed by atoms with Gasteiger partial charge in [-0.3, -0.25) is 14.2 Å². The number of rotatable bonds is 5. The number of thioether (sulfide) groups is 1. The number of allylic oxidation sites excluding steroid dienone is 1. The minimum Gasteiger partial charge on any atom is -0.341 e. The quantitative estimate of drug-likeness (QED) is 0.449. The van der Waals surface area contributed by atoms with Gasteiger partial charge in [0.2, 0.25) is 5.91 Å². The van der Waals surface area contributed by atoms with Gasteiger partial charge in [-0.05, 0) is 37.3 Å². The molecule has 6 heteroatoms. The van der Waals surface area contributed by atoms with Crippen molar-refractivity contribution < 1.29 is 4.79 Å². The van der Waals surface area contributed by atoms with E-state index in [0.717, 1.165) is 19.5 Å². The first-order valence-corrected chi connectivity index (χ1v) is 10.3. The molecule has 0 radical (unpaired) electrons. The highest BCUT2D eigenvalue weighted by Gasteiger charge is 2.29. The zero-order valence-electron chi connectivity index (χ0n) is 16.2. The molecule has 0 bridgehead atoms. The first-order chi connectivity index (χ1) is 12.9. The summed E-state index contributed by atoms with van der Waals surface area (Å²) in [6.45, 7) is 12.0. The lowest BCUT2D eigenvalue weighted by Crippen LogP contribution is -2.45. The number of likely N-dealkylation sites (tertiary alicyclic amines) is 1. The van der Waals surface area contributed by atoms with Crippen molar-refractivity contribution in [2.75, 3.05) is 13.1 Å². The zero-order valence-corrected chi connectivity index (χ0v) is 17.0. The van der Waals surface area contributed by atoms with E-state index < -0.39 is 0 Å². The molecular formula is C21H27N3O2S. The number of hydrogen-bond acceptors (Lipinski definition) is 4. The molecule has 0 aliphatic carbocycles. The van der Waals surface area contributed by atoms with Crippen molar-refractivity contribution in [2.24, 2.45) is 11.8 Å². The summed E-state index contributed by atoms with van der Waals surface area (Å²) in [5, 5.41) is 0.852. The van der Waals surface area contributed by atoms with Crippen LogP contribution in [0.4, 0.5) is 0 Å². The Kier molecular flexibility index (Phi) is 6.05. The predicted molar refractivity (Wildman–Crippen MR) is 111 cm³/mol. The third-order valence-electron chi connectivity index (χ3n) is 4.95. The molecule has 27 heavy (non-hydrogen) atoms. The van der Waals surface area contributed by atoms with Crippen LogP contribution in [0, 0.1) is 11.8 Å². The monoisotopic (exact) mass is 385 g/mol. The molecule has 1 fully saturated rings. The minimum absolute atomic E-state index is 0.0946. The summed E-state index contributed by atoms with van der Waals surface area (Å²) in [5.41, 5.74) is 0.563. The van der Waals surface area contributed by atoms with Gasteiger partial charge in [-0.15, -0.1) is 6.58 Å². The average molecular weight is 386 g/mol. The molecule has 3 rings (SSSR count). The van der Waals surface area contributed by atoms with Gasteiger partial charge in [0.15, 0.2) is 5.16 Å². The van der Waals surface area contributed by atoms with E-state index in [-0.39, 0.29) is 16.7 Å². The Balaban J connectivity index is 1.88. The Bertz CT molecular complexity index is 898. The lowest BCUT2D eigenvalue weighted by atomic mass is 9.92. The van der Waals surface area contributed by atoms with Gasteiger partial charge in [0, 0.05) is 19.6 Å². The van der Waals surface area contributed by atoms with Crippen molar-refractivity contribution >= 4 is 28.6 Å². The molecule has 1 aliphatic rings. The minimum atomic E-state index is -0.299. The Morgan fingerprint density at radius 1 is 1.33 bits per heavy atom. The van der Waals surface area contributed by atoms with E-state index >= 15 is 0 Å². The van der Waals surface area contributed by atoms with Gasteiger partial charge in [0.05, 0.1) is 16.2 Å². The maximum Gasteiger partial charge on any atom is 0.262 e. The molecule has 1 aromatic carbocycles. The Hall–Kier alpha value is -2.08. The maximum absolute atomic E-state index is 13.0. The van der Waals surface area contributed by atoms with Gasteiger partial charge < -0.3 is 4.90 Å². The number of nitrogens with zero attached hydrogens (tertiary/aromatic N) is 3. The van der Waals surface area contributed by atoms with Gasteiger partial charge >= 0.3 is 0 Å². The lowest BCUT2D eigenvalue weighted by molar-refractivity contribution is -0.132. The van der Waals surface area contributed by atoms with Crippen LogP contribution >= 0.6 is 11.8 Å². The molecule has 5 nitrogen and oxygen atoms in total. The van der Waals surface area contributed by atoms with E-state index in [1.807, 2.05) is 30.0 Å². The first kappa shape index (κ1) is 19.7. The number of aromatic nitrogens is 2. The number of carbonyl (C=O) groups excluding carboxylic acids is 1. The fraction of sp³-hybridized carbons (Fsp3) is 0.476. The van der Waals surface area contributed by atoms with Crippen LogP contribution in [0.3, 0.4) is 0 Å². The zero-order chi connectivity index (χ0) is 19.6. The predicted octanol–water partition coefficient (Wildman–Crippen LogP) is 3.57. The SMILES string of the molecule is C=CCn1c(S[C@H](C)C(=O)N2C[C@H](C)C[C@@H](C)C2)nc2ccccc2c1=O.